The quantitative estimate of drug-likeness (QED) is 0.371. The van der Waals surface area contributed by atoms with Crippen LogP contribution < -0.4 is 4.90 Å². The van der Waals surface area contributed by atoms with Gasteiger partial charge in [0.15, 0.2) is 0 Å². The van der Waals surface area contributed by atoms with E-state index in [1.165, 1.54) is 24.1 Å². The van der Waals surface area contributed by atoms with E-state index in [-0.39, 0.29) is 0 Å². The maximum absolute atomic E-state index is 11.2. The lowest BCUT2D eigenvalue weighted by atomic mass is 9.44. The zero-order valence-corrected chi connectivity index (χ0v) is 21.2. The number of aryl methyl sites for hydroxylation is 1. The third-order valence-corrected chi connectivity index (χ3v) is 9.09. The summed E-state index contributed by atoms with van der Waals surface area (Å²) >= 11 is 0. The minimum Gasteiger partial charge on any atom is -0.478 e. The van der Waals surface area contributed by atoms with Crippen LogP contribution in [0.1, 0.15) is 56.0 Å². The van der Waals surface area contributed by atoms with Crippen molar-refractivity contribution in [3.63, 3.8) is 0 Å². The monoisotopic (exact) mass is 467 g/mol. The Balaban J connectivity index is 1.36. The van der Waals surface area contributed by atoms with Crippen molar-refractivity contribution in [3.8, 4) is 11.1 Å². The maximum Gasteiger partial charge on any atom is 0.335 e. The summed E-state index contributed by atoms with van der Waals surface area (Å²) in [6.45, 7) is 8.50. The van der Waals surface area contributed by atoms with Crippen molar-refractivity contribution in [1.29, 1.82) is 0 Å². The molecule has 0 heterocycles. The lowest BCUT2D eigenvalue weighted by Crippen LogP contribution is -2.61. The van der Waals surface area contributed by atoms with E-state index in [4.69, 9.17) is 0 Å². The molecule has 0 saturated heterocycles. The second-order valence-corrected chi connectivity index (χ2v) is 11.2. The molecule has 3 saturated carbocycles. The van der Waals surface area contributed by atoms with Gasteiger partial charge in [0.2, 0.25) is 0 Å². The molecule has 1 N–H and O–H groups in total. The van der Waals surface area contributed by atoms with Crippen LogP contribution in [0.25, 0.3) is 11.1 Å². The van der Waals surface area contributed by atoms with E-state index in [2.05, 4.69) is 80.3 Å². The van der Waals surface area contributed by atoms with E-state index in [0.29, 0.717) is 22.9 Å². The molecule has 0 radical (unpaired) electrons. The lowest BCUT2D eigenvalue weighted by Gasteiger charge is -2.63. The number of carbonyl (C=O) groups is 1. The molecule has 3 aliphatic carbocycles. The molecule has 4 atom stereocenters. The predicted molar refractivity (Wildman–Crippen MR) is 144 cm³/mol. The van der Waals surface area contributed by atoms with Crippen molar-refractivity contribution in [2.24, 2.45) is 23.2 Å². The summed E-state index contributed by atoms with van der Waals surface area (Å²) in [5, 5.41) is 9.18. The second kappa shape index (κ2) is 9.53. The van der Waals surface area contributed by atoms with Gasteiger partial charge in [0.25, 0.3) is 0 Å². The van der Waals surface area contributed by atoms with Gasteiger partial charge in [-0.15, -0.1) is 0 Å². The Labute approximate surface area is 209 Å². The fourth-order valence-corrected chi connectivity index (χ4v) is 6.77. The van der Waals surface area contributed by atoms with Gasteiger partial charge >= 0.3 is 5.97 Å². The smallest absolute Gasteiger partial charge is 0.335 e. The molecule has 35 heavy (non-hydrogen) atoms. The Hall–Kier alpha value is -3.07. The average Bonchev–Trinajstić information content (AvgIpc) is 2.87. The third-order valence-electron chi connectivity index (χ3n) is 9.09. The Morgan fingerprint density at radius 3 is 2.11 bits per heavy atom. The van der Waals surface area contributed by atoms with Crippen molar-refractivity contribution >= 4 is 11.7 Å². The van der Waals surface area contributed by atoms with Gasteiger partial charge in [-0.1, -0.05) is 75.4 Å². The SMILES string of the molecule is C[C@@H]1[C@@H](N(CCCc2ccccc2)c2ccc(-c3ccc(C(=O)O)cc3)cc2)C[C@H]2C[C@@H]1C2(C)C. The fraction of sp³-hybridized carbons (Fsp3) is 0.406. The molecule has 3 aliphatic rings. The summed E-state index contributed by atoms with van der Waals surface area (Å²) < 4.78 is 0. The molecule has 6 rings (SSSR count). The molecule has 0 spiro atoms. The number of hydrogen-bond acceptors (Lipinski definition) is 2. The maximum atomic E-state index is 11.2. The number of rotatable bonds is 8. The van der Waals surface area contributed by atoms with Gasteiger partial charge < -0.3 is 10.0 Å². The van der Waals surface area contributed by atoms with Gasteiger partial charge in [-0.3, -0.25) is 0 Å². The zero-order chi connectivity index (χ0) is 24.6. The number of benzene rings is 3. The summed E-state index contributed by atoms with van der Waals surface area (Å²) in [4.78, 5) is 13.9. The highest BCUT2D eigenvalue weighted by molar-refractivity contribution is 5.88. The lowest BCUT2D eigenvalue weighted by molar-refractivity contribution is -0.109. The number of anilines is 1. The number of carboxylic acids is 1. The number of aromatic carboxylic acids is 1. The molecule has 0 amide bonds. The van der Waals surface area contributed by atoms with Crippen molar-refractivity contribution < 1.29 is 9.90 Å². The van der Waals surface area contributed by atoms with Gasteiger partial charge in [0.1, 0.15) is 0 Å². The Kier molecular flexibility index (Phi) is 6.44. The number of nitrogens with zero attached hydrogens (tertiary/aromatic N) is 1. The first kappa shape index (κ1) is 23.7. The summed E-state index contributed by atoms with van der Waals surface area (Å²) in [5.41, 5.74) is 5.69. The van der Waals surface area contributed by atoms with Gasteiger partial charge in [-0.25, -0.2) is 4.79 Å². The molecule has 182 valence electrons. The van der Waals surface area contributed by atoms with Gasteiger partial charge in [0.05, 0.1) is 5.56 Å². The molecule has 3 fully saturated rings. The van der Waals surface area contributed by atoms with E-state index in [0.717, 1.165) is 42.3 Å². The molecule has 0 unspecified atom stereocenters. The topological polar surface area (TPSA) is 40.5 Å². The molecular weight excluding hydrogens is 430 g/mol. The minimum atomic E-state index is -0.888. The molecule has 2 bridgehead atoms. The van der Waals surface area contributed by atoms with Crippen molar-refractivity contribution in [3.05, 3.63) is 90.0 Å². The van der Waals surface area contributed by atoms with E-state index in [1.54, 1.807) is 12.1 Å². The first-order valence-corrected chi connectivity index (χ1v) is 13.1. The molecule has 3 nitrogen and oxygen atoms in total. The predicted octanol–water partition coefficient (Wildman–Crippen LogP) is 7.56. The Morgan fingerprint density at radius 2 is 1.54 bits per heavy atom. The van der Waals surface area contributed by atoms with Crippen LogP contribution in [0, 0.1) is 23.2 Å². The third kappa shape index (κ3) is 4.61. The minimum absolute atomic E-state index is 0.322. The van der Waals surface area contributed by atoms with Crippen LogP contribution in [0.2, 0.25) is 0 Å². The van der Waals surface area contributed by atoms with Crippen LogP contribution in [-0.2, 0) is 6.42 Å². The van der Waals surface area contributed by atoms with E-state index in [9.17, 15) is 9.90 Å². The van der Waals surface area contributed by atoms with Crippen molar-refractivity contribution in [2.75, 3.05) is 11.4 Å². The normalized spacial score (nSPS) is 24.4. The van der Waals surface area contributed by atoms with Gasteiger partial charge in [-0.2, -0.15) is 0 Å². The van der Waals surface area contributed by atoms with Crippen molar-refractivity contribution in [2.45, 2.75) is 52.5 Å². The summed E-state index contributed by atoms with van der Waals surface area (Å²) in [6.07, 6.45) is 4.93. The van der Waals surface area contributed by atoms with Crippen LogP contribution >= 0.6 is 0 Å². The van der Waals surface area contributed by atoms with Crippen LogP contribution in [0.15, 0.2) is 78.9 Å². The Bertz CT molecular complexity index is 1150. The standard InChI is InChI=1S/C32H37NO2/c1-22-29-20-27(32(29,2)3)21-30(22)33(19-7-10-23-8-5-4-6-9-23)28-17-15-25(16-18-28)24-11-13-26(14-12-24)31(34)35/h4-6,8-9,11-18,22,27,29-30H,7,10,19-21H2,1-3H3,(H,34,35)/t22-,27+,29-,30-/m0/s1. The number of hydrogen-bond donors (Lipinski definition) is 1. The molecule has 3 aromatic rings. The molecular formula is C32H37NO2. The van der Waals surface area contributed by atoms with Crippen LogP contribution in [0.5, 0.6) is 0 Å². The van der Waals surface area contributed by atoms with E-state index >= 15 is 0 Å². The molecule has 0 aliphatic heterocycles. The summed E-state index contributed by atoms with van der Waals surface area (Å²) in [7, 11) is 0. The highest BCUT2D eigenvalue weighted by atomic mass is 16.4. The second-order valence-electron chi connectivity index (χ2n) is 11.2. The van der Waals surface area contributed by atoms with Crippen LogP contribution in [0.3, 0.4) is 0 Å². The first-order valence-electron chi connectivity index (χ1n) is 13.1. The van der Waals surface area contributed by atoms with Crippen LogP contribution in [0.4, 0.5) is 5.69 Å². The fourth-order valence-electron chi connectivity index (χ4n) is 6.77. The van der Waals surface area contributed by atoms with Gasteiger partial charge in [-0.05, 0) is 89.8 Å². The summed E-state index contributed by atoms with van der Waals surface area (Å²) in [5.74, 6) is 1.45. The zero-order valence-electron chi connectivity index (χ0n) is 21.2. The first-order chi connectivity index (χ1) is 16.8. The van der Waals surface area contributed by atoms with E-state index in [1.807, 2.05) is 12.1 Å². The number of carboxylic acid groups (broad SMARTS) is 1. The highest BCUT2D eigenvalue weighted by Crippen LogP contribution is 2.62. The molecule has 3 aromatic carbocycles. The van der Waals surface area contributed by atoms with Crippen molar-refractivity contribution in [1.82, 2.24) is 0 Å². The van der Waals surface area contributed by atoms with E-state index < -0.39 is 5.97 Å². The highest BCUT2D eigenvalue weighted by Gasteiger charge is 2.57. The van der Waals surface area contributed by atoms with Crippen LogP contribution in [-0.4, -0.2) is 23.7 Å². The Morgan fingerprint density at radius 1 is 0.914 bits per heavy atom. The largest absolute Gasteiger partial charge is 0.478 e. The number of fused-ring (bicyclic) bond motifs is 2. The average molecular weight is 468 g/mol. The molecule has 3 heteroatoms. The van der Waals surface area contributed by atoms with Gasteiger partial charge in [0, 0.05) is 18.3 Å². The molecule has 0 aromatic heterocycles. The summed E-state index contributed by atoms with van der Waals surface area (Å²) in [6, 6.07) is 27.5.